The van der Waals surface area contributed by atoms with Crippen molar-refractivity contribution in [1.82, 2.24) is 24.6 Å². The van der Waals surface area contributed by atoms with Crippen LogP contribution in [0.25, 0.3) is 11.4 Å². The summed E-state index contributed by atoms with van der Waals surface area (Å²) in [4.78, 5) is 33.3. The molecule has 1 fully saturated rings. The van der Waals surface area contributed by atoms with Gasteiger partial charge in [0.25, 0.3) is 0 Å². The number of rotatable bonds is 2. The molecule has 3 heterocycles. The normalized spacial score (nSPS) is 18.3. The highest BCUT2D eigenvalue weighted by Gasteiger charge is 2.32. The first-order valence-electron chi connectivity index (χ1n) is 11.0. The summed E-state index contributed by atoms with van der Waals surface area (Å²) in [5.41, 5.74) is 1.47. The fourth-order valence-electron chi connectivity index (χ4n) is 4.23. The molecule has 3 aromatic rings. The Kier molecular flexibility index (Phi) is 6.03. The van der Waals surface area contributed by atoms with E-state index in [-0.39, 0.29) is 30.8 Å². The third-order valence-electron chi connectivity index (χ3n) is 6.06. The number of amides is 3. The Morgan fingerprint density at radius 1 is 1.17 bits per heavy atom. The molecular weight excluding hydrogens is 460 g/mol. The Morgan fingerprint density at radius 2 is 2.03 bits per heavy atom. The molecule has 0 radical (unpaired) electrons. The molecule has 2 aliphatic heterocycles. The van der Waals surface area contributed by atoms with Gasteiger partial charge in [-0.25, -0.2) is 23.2 Å². The van der Waals surface area contributed by atoms with E-state index in [1.165, 1.54) is 12.4 Å². The summed E-state index contributed by atoms with van der Waals surface area (Å²) < 4.78 is 34.4. The molecular formula is C23H23F2N7O3. The lowest BCUT2D eigenvalue weighted by Crippen LogP contribution is -2.58. The quantitative estimate of drug-likeness (QED) is 0.580. The van der Waals surface area contributed by atoms with Crippen LogP contribution in [0.1, 0.15) is 0 Å². The minimum absolute atomic E-state index is 0.139. The van der Waals surface area contributed by atoms with Crippen molar-refractivity contribution < 1.29 is 23.1 Å². The first kappa shape index (κ1) is 22.7. The molecule has 1 saturated heterocycles. The molecule has 0 saturated carbocycles. The maximum Gasteiger partial charge on any atom is 0.321 e. The predicted octanol–water partition coefficient (Wildman–Crippen LogP) is 2.31. The number of urea groups is 1. The average molecular weight is 483 g/mol. The van der Waals surface area contributed by atoms with Crippen molar-refractivity contribution in [2.45, 2.75) is 6.04 Å². The van der Waals surface area contributed by atoms with Crippen LogP contribution >= 0.6 is 0 Å². The number of ether oxygens (including phenoxy) is 1. The van der Waals surface area contributed by atoms with Crippen LogP contribution in [0.15, 0.2) is 42.7 Å². The van der Waals surface area contributed by atoms with Crippen molar-refractivity contribution in [3.8, 4) is 17.1 Å². The van der Waals surface area contributed by atoms with Crippen LogP contribution in [0.5, 0.6) is 5.75 Å². The van der Waals surface area contributed by atoms with Gasteiger partial charge in [0.1, 0.15) is 18.7 Å². The molecule has 5 rings (SSSR count). The zero-order valence-corrected chi connectivity index (χ0v) is 18.9. The lowest BCUT2D eigenvalue weighted by Gasteiger charge is -2.40. The number of benzene rings is 2. The van der Waals surface area contributed by atoms with E-state index in [4.69, 9.17) is 4.74 Å². The maximum atomic E-state index is 13.5. The first-order valence-corrected chi connectivity index (χ1v) is 11.0. The molecule has 182 valence electrons. The molecule has 12 heteroatoms. The van der Waals surface area contributed by atoms with Gasteiger partial charge in [-0.3, -0.25) is 9.69 Å². The summed E-state index contributed by atoms with van der Waals surface area (Å²) in [5, 5.41) is 9.59. The molecule has 2 N–H and O–H groups in total. The molecule has 2 aliphatic rings. The second kappa shape index (κ2) is 9.29. The molecule has 0 aliphatic carbocycles. The standard InChI is InChI=1S/C23H23F2N7O3/c1-30-22(26-13-27-30)14-2-5-20-19(8-14)29-21(33)11-31-6-7-32(10-16(31)12-35-20)23(34)28-15-3-4-17(24)18(25)9-15/h2-5,8-9,13,16H,6-7,10-12H2,1H3,(H,28,34)(H,29,33)/t16-/m1/s1. The number of nitrogens with one attached hydrogen (secondary N) is 2. The van der Waals surface area contributed by atoms with Crippen LogP contribution in [0.2, 0.25) is 0 Å². The molecule has 2 aromatic carbocycles. The van der Waals surface area contributed by atoms with Gasteiger partial charge < -0.3 is 20.3 Å². The summed E-state index contributed by atoms with van der Waals surface area (Å²) in [6, 6.07) is 7.92. The lowest BCUT2D eigenvalue weighted by molar-refractivity contribution is -0.118. The van der Waals surface area contributed by atoms with Crippen molar-refractivity contribution >= 4 is 23.3 Å². The molecule has 1 aromatic heterocycles. The summed E-state index contributed by atoms with van der Waals surface area (Å²) in [7, 11) is 1.78. The van der Waals surface area contributed by atoms with Crippen LogP contribution in [0.3, 0.4) is 0 Å². The predicted molar refractivity (Wildman–Crippen MR) is 123 cm³/mol. The third kappa shape index (κ3) is 4.78. The molecule has 0 bridgehead atoms. The second-order valence-electron chi connectivity index (χ2n) is 8.41. The Bertz CT molecular complexity index is 1280. The van der Waals surface area contributed by atoms with Gasteiger partial charge >= 0.3 is 6.03 Å². The van der Waals surface area contributed by atoms with Crippen molar-refractivity contribution in [2.24, 2.45) is 7.05 Å². The van der Waals surface area contributed by atoms with E-state index in [2.05, 4.69) is 20.7 Å². The number of hydrogen-bond donors (Lipinski definition) is 2. The number of fused-ring (bicyclic) bond motifs is 2. The molecule has 0 unspecified atom stereocenters. The molecule has 3 amide bonds. The number of nitrogens with zero attached hydrogens (tertiary/aromatic N) is 5. The van der Waals surface area contributed by atoms with Gasteiger partial charge in [0.2, 0.25) is 5.91 Å². The van der Waals surface area contributed by atoms with E-state index < -0.39 is 17.7 Å². The smallest absolute Gasteiger partial charge is 0.321 e. The van der Waals surface area contributed by atoms with Crippen LogP contribution in [-0.2, 0) is 11.8 Å². The van der Waals surface area contributed by atoms with Crippen molar-refractivity contribution in [3.05, 3.63) is 54.4 Å². The van der Waals surface area contributed by atoms with Crippen molar-refractivity contribution in [3.63, 3.8) is 0 Å². The molecule has 0 spiro atoms. The van der Waals surface area contributed by atoms with Gasteiger partial charge in [-0.1, -0.05) is 0 Å². The maximum absolute atomic E-state index is 13.5. The fourth-order valence-corrected chi connectivity index (χ4v) is 4.23. The first-order chi connectivity index (χ1) is 16.9. The van der Waals surface area contributed by atoms with Crippen LogP contribution in [-0.4, -0.2) is 75.3 Å². The Balaban J connectivity index is 1.30. The van der Waals surface area contributed by atoms with Gasteiger partial charge in [-0.05, 0) is 30.3 Å². The Hall–Kier alpha value is -4.06. The summed E-state index contributed by atoms with van der Waals surface area (Å²) in [6.45, 7) is 1.51. The Labute approximate surface area is 199 Å². The minimum Gasteiger partial charge on any atom is -0.490 e. The van der Waals surface area contributed by atoms with E-state index in [0.717, 1.165) is 17.7 Å². The highest BCUT2D eigenvalue weighted by atomic mass is 19.2. The Morgan fingerprint density at radius 3 is 2.80 bits per heavy atom. The molecule has 10 nitrogen and oxygen atoms in total. The number of aryl methyl sites for hydroxylation is 1. The van der Waals surface area contributed by atoms with E-state index in [1.807, 2.05) is 11.0 Å². The number of carbonyl (C=O) groups excluding carboxylic acids is 2. The summed E-state index contributed by atoms with van der Waals surface area (Å²) in [6.07, 6.45) is 1.46. The topological polar surface area (TPSA) is 105 Å². The highest BCUT2D eigenvalue weighted by Crippen LogP contribution is 2.31. The molecule has 1 atom stereocenters. The summed E-state index contributed by atoms with van der Waals surface area (Å²) >= 11 is 0. The second-order valence-corrected chi connectivity index (χ2v) is 8.41. The number of piperazine rings is 1. The zero-order valence-electron chi connectivity index (χ0n) is 18.9. The van der Waals surface area contributed by atoms with Gasteiger partial charge in [0.15, 0.2) is 17.5 Å². The van der Waals surface area contributed by atoms with Crippen LogP contribution < -0.4 is 15.4 Å². The highest BCUT2D eigenvalue weighted by molar-refractivity contribution is 5.94. The van der Waals surface area contributed by atoms with Gasteiger partial charge in [0.05, 0.1) is 18.3 Å². The van der Waals surface area contributed by atoms with Crippen LogP contribution in [0.4, 0.5) is 25.0 Å². The third-order valence-corrected chi connectivity index (χ3v) is 6.06. The van der Waals surface area contributed by atoms with Gasteiger partial charge in [0, 0.05) is 44.0 Å². The van der Waals surface area contributed by atoms with Crippen LogP contribution in [0, 0.1) is 11.6 Å². The van der Waals surface area contributed by atoms with Gasteiger partial charge in [-0.15, -0.1) is 0 Å². The number of hydrogen-bond acceptors (Lipinski definition) is 6. The monoisotopic (exact) mass is 483 g/mol. The largest absolute Gasteiger partial charge is 0.490 e. The lowest BCUT2D eigenvalue weighted by atomic mass is 10.1. The average Bonchev–Trinajstić information content (AvgIpc) is 3.28. The SMILES string of the molecule is Cn1ncnc1-c1ccc2c(c1)NC(=O)CN1CCN(C(=O)Nc3ccc(F)c(F)c3)C[C@@H]1CO2. The molecule has 35 heavy (non-hydrogen) atoms. The van der Waals surface area contributed by atoms with E-state index in [9.17, 15) is 18.4 Å². The van der Waals surface area contributed by atoms with Crippen molar-refractivity contribution in [2.75, 3.05) is 43.4 Å². The van der Waals surface area contributed by atoms with E-state index >= 15 is 0 Å². The van der Waals surface area contributed by atoms with Crippen molar-refractivity contribution in [1.29, 1.82) is 0 Å². The van der Waals surface area contributed by atoms with E-state index in [1.54, 1.807) is 28.8 Å². The summed E-state index contributed by atoms with van der Waals surface area (Å²) in [5.74, 6) is -1.06. The number of aromatic nitrogens is 3. The van der Waals surface area contributed by atoms with E-state index in [0.29, 0.717) is 36.9 Å². The minimum atomic E-state index is -1.04. The number of halogens is 2. The number of anilines is 2. The number of carbonyl (C=O) groups is 2. The fraction of sp³-hybridized carbons (Fsp3) is 0.304. The zero-order chi connectivity index (χ0) is 24.5. The van der Waals surface area contributed by atoms with Gasteiger partial charge in [-0.2, -0.15) is 5.10 Å².